The maximum absolute atomic E-state index is 12.2. The Morgan fingerprint density at radius 1 is 1.05 bits per heavy atom. The van der Waals surface area contributed by atoms with E-state index in [1.165, 1.54) is 0 Å². The maximum Gasteiger partial charge on any atom is 0.233 e. The van der Waals surface area contributed by atoms with Crippen molar-refractivity contribution in [1.29, 1.82) is 0 Å². The second-order valence-corrected chi connectivity index (χ2v) is 6.97. The van der Waals surface area contributed by atoms with Crippen molar-refractivity contribution >= 4 is 21.4 Å². The Hall–Kier alpha value is -2.01. The van der Waals surface area contributed by atoms with Crippen LogP contribution in [-0.4, -0.2) is 14.2 Å². The molecule has 0 aliphatic carbocycles. The Kier molecular flexibility index (Phi) is 4.53. The normalized spacial score (nSPS) is 11.3. The lowest BCUT2D eigenvalue weighted by atomic mass is 10.1. The number of sulfonamides is 1. The number of hydrogen-bond acceptors (Lipinski definition) is 3. The molecule has 0 spiro atoms. The van der Waals surface area contributed by atoms with Crippen molar-refractivity contribution in [2.75, 3.05) is 16.2 Å². The van der Waals surface area contributed by atoms with Gasteiger partial charge < -0.3 is 5.73 Å². The van der Waals surface area contributed by atoms with Gasteiger partial charge >= 0.3 is 0 Å². The summed E-state index contributed by atoms with van der Waals surface area (Å²) in [5, 5.41) is 0. The third kappa shape index (κ3) is 3.98. The smallest absolute Gasteiger partial charge is 0.233 e. The molecule has 2 aromatic carbocycles. The summed E-state index contributed by atoms with van der Waals surface area (Å²) in [5.74, 6) is 0.0316. The summed E-state index contributed by atoms with van der Waals surface area (Å²) in [6, 6.07) is 13.1. The van der Waals surface area contributed by atoms with E-state index in [1.807, 2.05) is 50.2 Å². The van der Waals surface area contributed by atoms with Gasteiger partial charge in [0.25, 0.3) is 0 Å². The fraction of sp³-hybridized carbons (Fsp3) is 0.250. The first-order valence-corrected chi connectivity index (χ1v) is 8.44. The van der Waals surface area contributed by atoms with E-state index in [0.29, 0.717) is 17.8 Å². The van der Waals surface area contributed by atoms with Crippen LogP contribution in [0, 0.1) is 13.8 Å². The van der Waals surface area contributed by atoms with Crippen molar-refractivity contribution < 1.29 is 8.42 Å². The van der Waals surface area contributed by atoms with Gasteiger partial charge in [0, 0.05) is 0 Å². The summed E-state index contributed by atoms with van der Waals surface area (Å²) in [6.45, 7) is 3.79. The molecule has 0 saturated carbocycles. The SMILES string of the molecule is Cc1ccc(N)c(NS(=O)(=O)CCc2ccccc2)c1C. The van der Waals surface area contributed by atoms with E-state index in [1.54, 1.807) is 6.07 Å². The van der Waals surface area contributed by atoms with Gasteiger partial charge in [-0.1, -0.05) is 36.4 Å². The van der Waals surface area contributed by atoms with Crippen molar-refractivity contribution in [3.8, 4) is 0 Å². The van der Waals surface area contributed by atoms with E-state index < -0.39 is 10.0 Å². The van der Waals surface area contributed by atoms with Crippen LogP contribution >= 0.6 is 0 Å². The third-order valence-electron chi connectivity index (χ3n) is 3.53. The number of aryl methyl sites for hydroxylation is 2. The first-order valence-electron chi connectivity index (χ1n) is 6.79. The number of anilines is 2. The minimum absolute atomic E-state index is 0.0316. The molecule has 0 heterocycles. The Bertz CT molecular complexity index is 725. The number of nitrogens with one attached hydrogen (secondary N) is 1. The van der Waals surface area contributed by atoms with Crippen molar-refractivity contribution in [1.82, 2.24) is 0 Å². The van der Waals surface area contributed by atoms with Gasteiger partial charge in [-0.3, -0.25) is 4.72 Å². The Morgan fingerprint density at radius 2 is 1.71 bits per heavy atom. The molecule has 0 saturated heterocycles. The lowest BCUT2D eigenvalue weighted by molar-refractivity contribution is 0.600. The van der Waals surface area contributed by atoms with E-state index in [9.17, 15) is 8.42 Å². The minimum atomic E-state index is -3.42. The fourth-order valence-electron chi connectivity index (χ4n) is 2.08. The second kappa shape index (κ2) is 6.18. The summed E-state index contributed by atoms with van der Waals surface area (Å²) in [7, 11) is -3.42. The van der Waals surface area contributed by atoms with Crippen LogP contribution in [0.2, 0.25) is 0 Å². The average molecular weight is 304 g/mol. The third-order valence-corrected chi connectivity index (χ3v) is 4.78. The molecule has 2 rings (SSSR count). The molecule has 3 N–H and O–H groups in total. The van der Waals surface area contributed by atoms with Gasteiger partial charge in [-0.25, -0.2) is 8.42 Å². The van der Waals surface area contributed by atoms with Gasteiger partial charge in [-0.15, -0.1) is 0 Å². The van der Waals surface area contributed by atoms with Crippen LogP contribution in [0.15, 0.2) is 42.5 Å². The molecular formula is C16H20N2O2S. The zero-order valence-electron chi connectivity index (χ0n) is 12.3. The zero-order chi connectivity index (χ0) is 15.5. The van der Waals surface area contributed by atoms with Gasteiger partial charge in [0.1, 0.15) is 0 Å². The highest BCUT2D eigenvalue weighted by molar-refractivity contribution is 7.92. The van der Waals surface area contributed by atoms with Gasteiger partial charge in [0.15, 0.2) is 0 Å². The molecule has 0 aliphatic rings. The molecule has 4 nitrogen and oxygen atoms in total. The van der Waals surface area contributed by atoms with E-state index in [-0.39, 0.29) is 5.75 Å². The number of nitrogen functional groups attached to an aromatic ring is 1. The van der Waals surface area contributed by atoms with Crippen LogP contribution < -0.4 is 10.5 Å². The molecule has 0 aromatic heterocycles. The van der Waals surface area contributed by atoms with Gasteiger partial charge in [-0.2, -0.15) is 0 Å². The number of rotatable bonds is 5. The first-order chi connectivity index (χ1) is 9.89. The highest BCUT2D eigenvalue weighted by atomic mass is 32.2. The summed E-state index contributed by atoms with van der Waals surface area (Å²) < 4.78 is 27.1. The second-order valence-electron chi connectivity index (χ2n) is 5.13. The summed E-state index contributed by atoms with van der Waals surface area (Å²) >= 11 is 0. The number of hydrogen-bond donors (Lipinski definition) is 2. The summed E-state index contributed by atoms with van der Waals surface area (Å²) in [5.41, 5.74) is 9.67. The summed E-state index contributed by atoms with van der Waals surface area (Å²) in [4.78, 5) is 0. The largest absolute Gasteiger partial charge is 0.397 e. The quantitative estimate of drug-likeness (QED) is 0.834. The van der Waals surface area contributed by atoms with Crippen LogP contribution in [-0.2, 0) is 16.4 Å². The topological polar surface area (TPSA) is 72.2 Å². The van der Waals surface area contributed by atoms with Crippen molar-refractivity contribution in [3.63, 3.8) is 0 Å². The lowest BCUT2D eigenvalue weighted by Crippen LogP contribution is -2.20. The number of benzene rings is 2. The van der Waals surface area contributed by atoms with E-state index in [4.69, 9.17) is 5.73 Å². The fourth-order valence-corrected chi connectivity index (χ4v) is 3.26. The molecule has 5 heteroatoms. The molecule has 0 amide bonds. The highest BCUT2D eigenvalue weighted by Crippen LogP contribution is 2.26. The number of nitrogens with two attached hydrogens (primary N) is 1. The standard InChI is InChI=1S/C16H20N2O2S/c1-12-8-9-15(17)16(13(12)2)18-21(19,20)11-10-14-6-4-3-5-7-14/h3-9,18H,10-11,17H2,1-2H3. The van der Waals surface area contributed by atoms with Crippen LogP contribution in [0.1, 0.15) is 16.7 Å². The van der Waals surface area contributed by atoms with Gasteiger partial charge in [0.05, 0.1) is 17.1 Å². The predicted molar refractivity (Wildman–Crippen MR) is 87.9 cm³/mol. The molecule has 0 fully saturated rings. The van der Waals surface area contributed by atoms with Crippen LogP contribution in [0.4, 0.5) is 11.4 Å². The molecule has 0 bridgehead atoms. The predicted octanol–water partition coefficient (Wildman–Crippen LogP) is 2.87. The Balaban J connectivity index is 2.13. The molecule has 0 atom stereocenters. The van der Waals surface area contributed by atoms with Gasteiger partial charge in [0.2, 0.25) is 10.0 Å². The van der Waals surface area contributed by atoms with Crippen molar-refractivity contribution in [2.45, 2.75) is 20.3 Å². The van der Waals surface area contributed by atoms with E-state index in [0.717, 1.165) is 16.7 Å². The van der Waals surface area contributed by atoms with E-state index >= 15 is 0 Å². The minimum Gasteiger partial charge on any atom is -0.397 e. The molecule has 0 aliphatic heterocycles. The van der Waals surface area contributed by atoms with Gasteiger partial charge in [-0.05, 0) is 43.0 Å². The molecule has 21 heavy (non-hydrogen) atoms. The molecule has 2 aromatic rings. The van der Waals surface area contributed by atoms with Crippen molar-refractivity contribution in [3.05, 3.63) is 59.2 Å². The average Bonchev–Trinajstić information content (AvgIpc) is 2.47. The van der Waals surface area contributed by atoms with E-state index in [2.05, 4.69) is 4.72 Å². The Labute approximate surface area is 126 Å². The molecular weight excluding hydrogens is 284 g/mol. The van der Waals surface area contributed by atoms with Crippen LogP contribution in [0.5, 0.6) is 0 Å². The lowest BCUT2D eigenvalue weighted by Gasteiger charge is -2.14. The van der Waals surface area contributed by atoms with Crippen LogP contribution in [0.3, 0.4) is 0 Å². The maximum atomic E-state index is 12.2. The first kappa shape index (κ1) is 15.4. The highest BCUT2D eigenvalue weighted by Gasteiger charge is 2.15. The van der Waals surface area contributed by atoms with Crippen LogP contribution in [0.25, 0.3) is 0 Å². The zero-order valence-corrected chi connectivity index (χ0v) is 13.1. The molecule has 0 unspecified atom stereocenters. The Morgan fingerprint density at radius 3 is 2.38 bits per heavy atom. The van der Waals surface area contributed by atoms with Crippen molar-refractivity contribution in [2.24, 2.45) is 0 Å². The monoisotopic (exact) mass is 304 g/mol. The molecule has 112 valence electrons. The molecule has 0 radical (unpaired) electrons. The summed E-state index contributed by atoms with van der Waals surface area (Å²) in [6.07, 6.45) is 0.473.